The molecule has 4 heteroatoms. The molecule has 0 radical (unpaired) electrons. The highest BCUT2D eigenvalue weighted by Gasteiger charge is 2.05. The fourth-order valence-electron chi connectivity index (χ4n) is 1.80. The van der Waals surface area contributed by atoms with E-state index in [0.29, 0.717) is 0 Å². The lowest BCUT2D eigenvalue weighted by atomic mass is 10.3. The summed E-state index contributed by atoms with van der Waals surface area (Å²) in [6.07, 6.45) is 3.62. The Morgan fingerprint density at radius 3 is 2.82 bits per heavy atom. The second-order valence-electron chi connectivity index (χ2n) is 3.89. The van der Waals surface area contributed by atoms with Gasteiger partial charge >= 0.3 is 0 Å². The van der Waals surface area contributed by atoms with Crippen molar-refractivity contribution in [1.29, 1.82) is 0 Å². The number of hydrogen-bond acceptors (Lipinski definition) is 2. The molecular weight excluding hydrogens is 278 g/mol. The standard InChI is InChI=1S/C13H10BrN3/c1-9-6-13(15-7-10(9)14)17-8-16-11-4-2-3-5-12(11)17/h2-8H,1H3. The van der Waals surface area contributed by atoms with Crippen LogP contribution in [0.2, 0.25) is 0 Å². The van der Waals surface area contributed by atoms with E-state index >= 15 is 0 Å². The molecule has 0 fully saturated rings. The van der Waals surface area contributed by atoms with E-state index in [1.54, 1.807) is 6.33 Å². The number of pyridine rings is 1. The van der Waals surface area contributed by atoms with Crippen molar-refractivity contribution < 1.29 is 0 Å². The fraction of sp³-hybridized carbons (Fsp3) is 0.0769. The van der Waals surface area contributed by atoms with Crippen LogP contribution >= 0.6 is 15.9 Å². The van der Waals surface area contributed by atoms with Gasteiger partial charge in [0, 0.05) is 10.7 Å². The first-order valence-electron chi connectivity index (χ1n) is 5.30. The normalized spacial score (nSPS) is 10.9. The van der Waals surface area contributed by atoms with Gasteiger partial charge in [-0.25, -0.2) is 9.97 Å². The molecule has 1 aromatic carbocycles. The SMILES string of the molecule is Cc1cc(-n2cnc3ccccc32)ncc1Br. The van der Waals surface area contributed by atoms with E-state index in [-0.39, 0.29) is 0 Å². The Balaban J connectivity index is 2.24. The molecule has 0 saturated heterocycles. The Hall–Kier alpha value is -1.68. The minimum Gasteiger partial charge on any atom is -0.283 e. The summed E-state index contributed by atoms with van der Waals surface area (Å²) in [6.45, 7) is 2.05. The summed E-state index contributed by atoms with van der Waals surface area (Å²) in [5, 5.41) is 0. The van der Waals surface area contributed by atoms with Crippen LogP contribution in [0.25, 0.3) is 16.9 Å². The van der Waals surface area contributed by atoms with Crippen LogP contribution in [0, 0.1) is 6.92 Å². The lowest BCUT2D eigenvalue weighted by Crippen LogP contribution is -1.96. The third-order valence-electron chi connectivity index (χ3n) is 2.73. The molecule has 0 aliphatic heterocycles. The zero-order valence-corrected chi connectivity index (χ0v) is 10.8. The number of para-hydroxylation sites is 2. The van der Waals surface area contributed by atoms with Crippen LogP contribution in [-0.2, 0) is 0 Å². The number of rotatable bonds is 1. The van der Waals surface area contributed by atoms with Crippen molar-refractivity contribution in [1.82, 2.24) is 14.5 Å². The van der Waals surface area contributed by atoms with Gasteiger partial charge in [0.05, 0.1) is 11.0 Å². The van der Waals surface area contributed by atoms with E-state index in [1.165, 1.54) is 0 Å². The number of aromatic nitrogens is 3. The summed E-state index contributed by atoms with van der Waals surface area (Å²) >= 11 is 3.46. The van der Waals surface area contributed by atoms with E-state index in [2.05, 4.69) is 25.9 Å². The highest BCUT2D eigenvalue weighted by Crippen LogP contribution is 2.20. The number of nitrogens with zero attached hydrogens (tertiary/aromatic N) is 3. The Labute approximate surface area is 107 Å². The molecule has 0 bridgehead atoms. The van der Waals surface area contributed by atoms with Gasteiger partial charge in [-0.3, -0.25) is 4.57 Å². The van der Waals surface area contributed by atoms with Gasteiger partial charge in [0.25, 0.3) is 0 Å². The van der Waals surface area contributed by atoms with Crippen LogP contribution in [0.1, 0.15) is 5.56 Å². The first-order chi connectivity index (χ1) is 8.25. The van der Waals surface area contributed by atoms with Crippen molar-refractivity contribution in [3.63, 3.8) is 0 Å². The Morgan fingerprint density at radius 1 is 1.18 bits per heavy atom. The van der Waals surface area contributed by atoms with Crippen LogP contribution in [0.5, 0.6) is 0 Å². The average molecular weight is 288 g/mol. The summed E-state index contributed by atoms with van der Waals surface area (Å²) in [5.74, 6) is 0.888. The molecule has 17 heavy (non-hydrogen) atoms. The predicted molar refractivity (Wildman–Crippen MR) is 71.3 cm³/mol. The maximum Gasteiger partial charge on any atom is 0.138 e. The second-order valence-corrected chi connectivity index (χ2v) is 4.75. The predicted octanol–water partition coefficient (Wildman–Crippen LogP) is 3.49. The summed E-state index contributed by atoms with van der Waals surface area (Å²) in [4.78, 5) is 8.77. The molecule has 3 nitrogen and oxygen atoms in total. The zero-order valence-electron chi connectivity index (χ0n) is 9.26. The van der Waals surface area contributed by atoms with Crippen LogP contribution in [0.3, 0.4) is 0 Å². The van der Waals surface area contributed by atoms with Crippen molar-refractivity contribution >= 4 is 27.0 Å². The molecule has 0 aliphatic rings. The number of benzene rings is 1. The van der Waals surface area contributed by atoms with Gasteiger partial charge in [-0.1, -0.05) is 12.1 Å². The van der Waals surface area contributed by atoms with E-state index in [1.807, 2.05) is 48.0 Å². The van der Waals surface area contributed by atoms with Crippen LogP contribution < -0.4 is 0 Å². The Kier molecular flexibility index (Phi) is 2.44. The molecule has 0 N–H and O–H groups in total. The number of imidazole rings is 1. The molecule has 0 aliphatic carbocycles. The smallest absolute Gasteiger partial charge is 0.138 e. The first-order valence-corrected chi connectivity index (χ1v) is 6.09. The lowest BCUT2D eigenvalue weighted by Gasteiger charge is -2.05. The molecule has 0 spiro atoms. The molecule has 84 valence electrons. The molecule has 3 rings (SSSR count). The van der Waals surface area contributed by atoms with Crippen molar-refractivity contribution in [3.8, 4) is 5.82 Å². The molecule has 0 atom stereocenters. The van der Waals surface area contributed by atoms with Gasteiger partial charge in [0.1, 0.15) is 12.1 Å². The zero-order chi connectivity index (χ0) is 11.8. The molecule has 2 aromatic heterocycles. The fourth-order valence-corrected chi connectivity index (χ4v) is 2.01. The maximum absolute atomic E-state index is 4.41. The van der Waals surface area contributed by atoms with Gasteiger partial charge in [-0.15, -0.1) is 0 Å². The van der Waals surface area contributed by atoms with Gasteiger partial charge in [-0.05, 0) is 46.6 Å². The van der Waals surface area contributed by atoms with Crippen molar-refractivity contribution in [3.05, 3.63) is 52.9 Å². The van der Waals surface area contributed by atoms with Crippen molar-refractivity contribution in [2.75, 3.05) is 0 Å². The number of hydrogen-bond donors (Lipinski definition) is 0. The van der Waals surface area contributed by atoms with Gasteiger partial charge in [-0.2, -0.15) is 0 Å². The summed E-state index contributed by atoms with van der Waals surface area (Å²) in [6, 6.07) is 10.1. The molecule has 0 unspecified atom stereocenters. The highest BCUT2D eigenvalue weighted by atomic mass is 79.9. The average Bonchev–Trinajstić information content (AvgIpc) is 2.76. The molecule has 2 heterocycles. The van der Waals surface area contributed by atoms with Crippen LogP contribution in [-0.4, -0.2) is 14.5 Å². The monoisotopic (exact) mass is 287 g/mol. The highest BCUT2D eigenvalue weighted by molar-refractivity contribution is 9.10. The lowest BCUT2D eigenvalue weighted by molar-refractivity contribution is 1.01. The molecular formula is C13H10BrN3. The maximum atomic E-state index is 4.41. The van der Waals surface area contributed by atoms with Crippen molar-refractivity contribution in [2.45, 2.75) is 6.92 Å². The van der Waals surface area contributed by atoms with Gasteiger partial charge in [0.2, 0.25) is 0 Å². The minimum absolute atomic E-state index is 0.888. The summed E-state index contributed by atoms with van der Waals surface area (Å²) in [5.41, 5.74) is 3.21. The van der Waals surface area contributed by atoms with Gasteiger partial charge in [0.15, 0.2) is 0 Å². The number of halogens is 1. The third-order valence-corrected chi connectivity index (χ3v) is 3.56. The van der Waals surface area contributed by atoms with E-state index in [4.69, 9.17) is 0 Å². The number of fused-ring (bicyclic) bond motifs is 1. The Morgan fingerprint density at radius 2 is 2.00 bits per heavy atom. The van der Waals surface area contributed by atoms with Crippen LogP contribution in [0.4, 0.5) is 0 Å². The second kappa shape index (κ2) is 3.96. The third kappa shape index (κ3) is 1.74. The van der Waals surface area contributed by atoms with Crippen molar-refractivity contribution in [2.24, 2.45) is 0 Å². The first kappa shape index (κ1) is 10.5. The summed E-state index contributed by atoms with van der Waals surface area (Å²) in [7, 11) is 0. The van der Waals surface area contributed by atoms with Crippen LogP contribution in [0.15, 0.2) is 47.3 Å². The van der Waals surface area contributed by atoms with E-state index in [9.17, 15) is 0 Å². The van der Waals surface area contributed by atoms with E-state index in [0.717, 1.165) is 26.9 Å². The topological polar surface area (TPSA) is 30.7 Å². The molecule has 3 aromatic rings. The quantitative estimate of drug-likeness (QED) is 0.686. The molecule has 0 saturated carbocycles. The van der Waals surface area contributed by atoms with Gasteiger partial charge < -0.3 is 0 Å². The Bertz CT molecular complexity index is 688. The summed E-state index contributed by atoms with van der Waals surface area (Å²) < 4.78 is 3.01. The largest absolute Gasteiger partial charge is 0.283 e. The number of aryl methyl sites for hydroxylation is 1. The molecule has 0 amide bonds. The van der Waals surface area contributed by atoms with E-state index < -0.39 is 0 Å². The minimum atomic E-state index is 0.888.